The number of amides is 1. The van der Waals surface area contributed by atoms with Crippen LogP contribution in [0.5, 0.6) is 0 Å². The summed E-state index contributed by atoms with van der Waals surface area (Å²) in [6, 6.07) is 3.00. The molecule has 0 radical (unpaired) electrons. The van der Waals surface area contributed by atoms with Crippen LogP contribution < -0.4 is 5.32 Å². The molecule has 2 heterocycles. The van der Waals surface area contributed by atoms with Crippen molar-refractivity contribution in [3.05, 3.63) is 48.1 Å². The molecule has 3 rings (SSSR count). The molecule has 0 bridgehead atoms. The van der Waals surface area contributed by atoms with Gasteiger partial charge in [-0.1, -0.05) is 6.07 Å². The number of hydrogen-bond acceptors (Lipinski definition) is 4. The Morgan fingerprint density at radius 3 is 2.83 bits per heavy atom. The van der Waals surface area contributed by atoms with Gasteiger partial charge in [-0.15, -0.1) is 0 Å². The van der Waals surface area contributed by atoms with Gasteiger partial charge in [0.2, 0.25) is 5.91 Å². The number of rotatable bonds is 4. The summed E-state index contributed by atoms with van der Waals surface area (Å²) < 4.78 is 28.2. The lowest BCUT2D eigenvalue weighted by Crippen LogP contribution is -2.42. The molecule has 24 heavy (non-hydrogen) atoms. The molecule has 8 heteroatoms. The van der Waals surface area contributed by atoms with Gasteiger partial charge in [-0.25, -0.2) is 18.4 Å². The zero-order chi connectivity index (χ0) is 17.3. The lowest BCUT2D eigenvalue weighted by molar-refractivity contribution is -0.125. The Balaban J connectivity index is 1.76. The van der Waals surface area contributed by atoms with Gasteiger partial charge in [0.1, 0.15) is 18.7 Å². The average Bonchev–Trinajstić information content (AvgIpc) is 3.20. The predicted molar refractivity (Wildman–Crippen MR) is 83.0 cm³/mol. The molecule has 128 valence electrons. The third kappa shape index (κ3) is 3.14. The molecular formula is C16H19F2N5O. The number of nitrogens with one attached hydrogen (secondary N) is 1. The Kier molecular flexibility index (Phi) is 4.57. The van der Waals surface area contributed by atoms with Crippen molar-refractivity contribution in [3.63, 3.8) is 0 Å². The second kappa shape index (κ2) is 6.64. The van der Waals surface area contributed by atoms with E-state index in [9.17, 15) is 13.6 Å². The molecule has 0 spiro atoms. The zero-order valence-electron chi connectivity index (χ0n) is 13.5. The number of carbonyl (C=O) groups excluding carboxylic acids is 1. The highest BCUT2D eigenvalue weighted by atomic mass is 19.2. The number of carbonyl (C=O) groups is 1. The van der Waals surface area contributed by atoms with Crippen LogP contribution in [0.1, 0.15) is 31.0 Å². The fourth-order valence-electron chi connectivity index (χ4n) is 3.12. The third-order valence-corrected chi connectivity index (χ3v) is 4.47. The van der Waals surface area contributed by atoms with Crippen LogP contribution >= 0.6 is 0 Å². The molecular weight excluding hydrogens is 316 g/mol. The first-order valence-corrected chi connectivity index (χ1v) is 7.77. The fraction of sp³-hybridized carbons (Fsp3) is 0.438. The number of likely N-dealkylation sites (N-methyl/N-ethyl adjacent to an activating group) is 1. The minimum Gasteiger partial charge on any atom is -0.350 e. The first-order chi connectivity index (χ1) is 11.5. The Morgan fingerprint density at radius 2 is 2.17 bits per heavy atom. The van der Waals surface area contributed by atoms with Crippen LogP contribution in [0, 0.1) is 11.6 Å². The summed E-state index contributed by atoms with van der Waals surface area (Å²) in [6.45, 7) is 2.49. The molecule has 1 aromatic carbocycles. The minimum atomic E-state index is -0.881. The van der Waals surface area contributed by atoms with Crippen molar-refractivity contribution in [3.8, 4) is 0 Å². The molecule has 1 amide bonds. The number of hydrogen-bond donors (Lipinski definition) is 1. The second-order valence-corrected chi connectivity index (χ2v) is 6.05. The molecule has 1 saturated heterocycles. The van der Waals surface area contributed by atoms with E-state index in [0.717, 1.165) is 19.0 Å². The summed E-state index contributed by atoms with van der Waals surface area (Å²) in [5.74, 6) is -1.94. The number of nitrogens with zero attached hydrogens (tertiary/aromatic N) is 4. The molecule has 1 aliphatic heterocycles. The van der Waals surface area contributed by atoms with Crippen LogP contribution in [-0.2, 0) is 4.79 Å². The first kappa shape index (κ1) is 16.5. The highest BCUT2D eigenvalue weighted by molar-refractivity contribution is 5.80. The van der Waals surface area contributed by atoms with E-state index in [2.05, 4.69) is 15.4 Å². The molecule has 0 aliphatic carbocycles. The van der Waals surface area contributed by atoms with E-state index in [1.807, 2.05) is 11.9 Å². The maximum Gasteiger partial charge on any atom is 0.244 e. The van der Waals surface area contributed by atoms with Gasteiger partial charge in [0.25, 0.3) is 0 Å². The highest BCUT2D eigenvalue weighted by Gasteiger charge is 2.35. The maximum atomic E-state index is 13.6. The summed E-state index contributed by atoms with van der Waals surface area (Å²) in [4.78, 5) is 18.3. The molecule has 0 saturated carbocycles. The van der Waals surface area contributed by atoms with Gasteiger partial charge >= 0.3 is 0 Å². The Bertz CT molecular complexity index is 721. The van der Waals surface area contributed by atoms with Crippen LogP contribution in [0.2, 0.25) is 0 Å². The van der Waals surface area contributed by atoms with Gasteiger partial charge < -0.3 is 5.32 Å². The Hall–Kier alpha value is -2.35. The number of likely N-dealkylation sites (tertiary alicyclic amines) is 1. The maximum absolute atomic E-state index is 13.6. The van der Waals surface area contributed by atoms with Crippen molar-refractivity contribution in [1.29, 1.82) is 0 Å². The number of halogens is 2. The summed E-state index contributed by atoms with van der Waals surface area (Å²) in [5.41, 5.74) is 0.646. The van der Waals surface area contributed by atoms with E-state index in [4.69, 9.17) is 0 Å². The SMILES string of the molecule is C[C@H](C(=O)N[C@@H]1CCN(C)[C@H]1c1ccc(F)c(F)c1)n1cncn1. The topological polar surface area (TPSA) is 63.1 Å². The highest BCUT2D eigenvalue weighted by Crippen LogP contribution is 2.32. The lowest BCUT2D eigenvalue weighted by Gasteiger charge is -2.27. The quantitative estimate of drug-likeness (QED) is 0.923. The molecule has 1 N–H and O–H groups in total. The van der Waals surface area contributed by atoms with E-state index in [0.29, 0.717) is 5.56 Å². The van der Waals surface area contributed by atoms with E-state index < -0.39 is 17.7 Å². The monoisotopic (exact) mass is 335 g/mol. The van der Waals surface area contributed by atoms with Crippen molar-refractivity contribution in [2.75, 3.05) is 13.6 Å². The van der Waals surface area contributed by atoms with Crippen LogP contribution in [-0.4, -0.2) is 45.2 Å². The normalized spacial score (nSPS) is 22.5. The van der Waals surface area contributed by atoms with Crippen molar-refractivity contribution >= 4 is 5.91 Å². The minimum absolute atomic E-state index is 0.182. The smallest absolute Gasteiger partial charge is 0.244 e. The van der Waals surface area contributed by atoms with E-state index in [1.165, 1.54) is 23.4 Å². The van der Waals surface area contributed by atoms with Gasteiger partial charge in [0.05, 0.1) is 6.04 Å². The van der Waals surface area contributed by atoms with Crippen molar-refractivity contribution in [2.24, 2.45) is 0 Å². The molecule has 1 aliphatic rings. The van der Waals surface area contributed by atoms with E-state index in [1.54, 1.807) is 13.0 Å². The summed E-state index contributed by atoms with van der Waals surface area (Å²) >= 11 is 0. The van der Waals surface area contributed by atoms with E-state index >= 15 is 0 Å². The van der Waals surface area contributed by atoms with Gasteiger partial charge in [0, 0.05) is 12.6 Å². The lowest BCUT2D eigenvalue weighted by atomic mass is 9.99. The molecule has 6 nitrogen and oxygen atoms in total. The van der Waals surface area contributed by atoms with Crippen LogP contribution in [0.3, 0.4) is 0 Å². The van der Waals surface area contributed by atoms with Crippen molar-refractivity contribution < 1.29 is 13.6 Å². The van der Waals surface area contributed by atoms with Gasteiger partial charge in [-0.05, 0) is 38.1 Å². The first-order valence-electron chi connectivity index (χ1n) is 7.77. The molecule has 2 aromatic rings. The third-order valence-electron chi connectivity index (χ3n) is 4.47. The second-order valence-electron chi connectivity index (χ2n) is 6.05. The molecule has 1 aromatic heterocycles. The van der Waals surface area contributed by atoms with Gasteiger partial charge in [0.15, 0.2) is 11.6 Å². The molecule has 0 unspecified atom stereocenters. The molecule has 1 fully saturated rings. The number of benzene rings is 1. The van der Waals surface area contributed by atoms with Crippen molar-refractivity contribution in [1.82, 2.24) is 25.0 Å². The average molecular weight is 335 g/mol. The predicted octanol–water partition coefficient (Wildman–Crippen LogP) is 1.68. The number of aromatic nitrogens is 3. The van der Waals surface area contributed by atoms with Crippen molar-refractivity contribution in [2.45, 2.75) is 31.5 Å². The fourth-order valence-corrected chi connectivity index (χ4v) is 3.12. The van der Waals surface area contributed by atoms with E-state index in [-0.39, 0.29) is 18.0 Å². The summed E-state index contributed by atoms with van der Waals surface area (Å²) in [7, 11) is 1.90. The largest absolute Gasteiger partial charge is 0.350 e. The summed E-state index contributed by atoms with van der Waals surface area (Å²) in [5, 5.41) is 6.96. The zero-order valence-corrected chi connectivity index (χ0v) is 13.5. The van der Waals surface area contributed by atoms with Gasteiger partial charge in [-0.2, -0.15) is 5.10 Å². The van der Waals surface area contributed by atoms with Crippen LogP contribution in [0.4, 0.5) is 8.78 Å². The van der Waals surface area contributed by atoms with Crippen LogP contribution in [0.15, 0.2) is 30.9 Å². The van der Waals surface area contributed by atoms with Crippen LogP contribution in [0.25, 0.3) is 0 Å². The summed E-state index contributed by atoms with van der Waals surface area (Å²) in [6.07, 6.45) is 3.59. The standard InChI is InChI=1S/C16H19F2N5O/c1-10(23-9-19-8-20-23)16(24)21-14-5-6-22(2)15(14)11-3-4-12(17)13(18)7-11/h3-4,7-10,14-15H,5-6H2,1-2H3,(H,21,24)/t10-,14-,15+/m1/s1. The molecule has 3 atom stereocenters. The Morgan fingerprint density at radius 1 is 1.38 bits per heavy atom. The Labute approximate surface area is 138 Å². The van der Waals surface area contributed by atoms with Gasteiger partial charge in [-0.3, -0.25) is 9.69 Å².